The van der Waals surface area contributed by atoms with Crippen LogP contribution in [0.15, 0.2) is 0 Å². The van der Waals surface area contributed by atoms with Crippen LogP contribution in [-0.2, 0) is 4.74 Å². The van der Waals surface area contributed by atoms with Crippen LogP contribution in [0.25, 0.3) is 0 Å². The molecule has 0 saturated heterocycles. The Balaban J connectivity index is 3.73. The third-order valence-corrected chi connectivity index (χ3v) is 2.33. The smallest absolute Gasteiger partial charge is 0.0589 e. The van der Waals surface area contributed by atoms with Crippen LogP contribution < -0.4 is 5.73 Å². The van der Waals surface area contributed by atoms with Crippen LogP contribution in [0, 0.1) is 0 Å². The highest BCUT2D eigenvalue weighted by atomic mass is 16.5. The van der Waals surface area contributed by atoms with Crippen molar-refractivity contribution in [3.63, 3.8) is 0 Å². The Labute approximate surface area is 87.0 Å². The van der Waals surface area contributed by atoms with Gasteiger partial charge < -0.3 is 15.6 Å². The van der Waals surface area contributed by atoms with Gasteiger partial charge in [0.1, 0.15) is 0 Å². The Bertz CT molecular complexity index is 131. The summed E-state index contributed by atoms with van der Waals surface area (Å²) in [6.07, 6.45) is 0.832. The maximum Gasteiger partial charge on any atom is 0.0589 e. The first kappa shape index (κ1) is 13.8. The molecule has 0 aliphatic carbocycles. The minimum Gasteiger partial charge on any atom is -0.395 e. The first-order valence-electron chi connectivity index (χ1n) is 5.21. The summed E-state index contributed by atoms with van der Waals surface area (Å²) in [6.45, 7) is 6.96. The van der Waals surface area contributed by atoms with E-state index in [0.717, 1.165) is 26.1 Å². The summed E-state index contributed by atoms with van der Waals surface area (Å²) in [6, 6.07) is 0.398. The van der Waals surface area contributed by atoms with E-state index in [-0.39, 0.29) is 12.6 Å². The number of aliphatic hydroxyl groups excluding tert-OH is 1. The van der Waals surface area contributed by atoms with E-state index in [9.17, 15) is 0 Å². The van der Waals surface area contributed by atoms with Crippen molar-refractivity contribution in [3.05, 3.63) is 0 Å². The minimum absolute atomic E-state index is 0.0657. The van der Waals surface area contributed by atoms with Crippen molar-refractivity contribution in [2.45, 2.75) is 32.4 Å². The zero-order valence-electron chi connectivity index (χ0n) is 9.57. The molecule has 0 heterocycles. The fourth-order valence-corrected chi connectivity index (χ4v) is 1.26. The van der Waals surface area contributed by atoms with Crippen LogP contribution in [0.1, 0.15) is 20.3 Å². The van der Waals surface area contributed by atoms with Crippen molar-refractivity contribution in [1.82, 2.24) is 4.90 Å². The molecule has 4 heteroatoms. The molecule has 14 heavy (non-hydrogen) atoms. The average molecular weight is 204 g/mol. The number of hydrogen-bond acceptors (Lipinski definition) is 4. The van der Waals surface area contributed by atoms with Crippen LogP contribution in [0.3, 0.4) is 0 Å². The highest BCUT2D eigenvalue weighted by Crippen LogP contribution is 2.00. The molecule has 0 spiro atoms. The zero-order valence-corrected chi connectivity index (χ0v) is 9.57. The fraction of sp³-hybridized carbons (Fsp3) is 1.00. The van der Waals surface area contributed by atoms with Crippen LogP contribution in [-0.4, -0.2) is 55.5 Å². The van der Waals surface area contributed by atoms with Gasteiger partial charge in [0.2, 0.25) is 0 Å². The van der Waals surface area contributed by atoms with Gasteiger partial charge in [0.25, 0.3) is 0 Å². The SMILES string of the molecule is COCCN(CCC(N)CO)C(C)C. The molecular formula is C10H24N2O2. The Kier molecular flexibility index (Phi) is 8.08. The molecule has 0 aliphatic rings. The number of ether oxygens (including phenoxy) is 1. The number of nitrogens with zero attached hydrogens (tertiary/aromatic N) is 1. The fourth-order valence-electron chi connectivity index (χ4n) is 1.26. The van der Waals surface area contributed by atoms with Gasteiger partial charge in [0, 0.05) is 32.3 Å². The molecular weight excluding hydrogens is 180 g/mol. The Morgan fingerprint density at radius 1 is 1.36 bits per heavy atom. The Morgan fingerprint density at radius 3 is 2.43 bits per heavy atom. The molecule has 1 unspecified atom stereocenters. The van der Waals surface area contributed by atoms with Gasteiger partial charge in [-0.05, 0) is 20.3 Å². The Morgan fingerprint density at radius 2 is 2.00 bits per heavy atom. The summed E-state index contributed by atoms with van der Waals surface area (Å²) in [7, 11) is 1.71. The maximum atomic E-state index is 8.79. The average Bonchev–Trinajstić information content (AvgIpc) is 2.16. The van der Waals surface area contributed by atoms with Crippen molar-refractivity contribution in [2.75, 3.05) is 33.4 Å². The molecule has 0 amide bonds. The van der Waals surface area contributed by atoms with Crippen LogP contribution >= 0.6 is 0 Å². The van der Waals surface area contributed by atoms with Gasteiger partial charge in [-0.2, -0.15) is 0 Å². The lowest BCUT2D eigenvalue weighted by atomic mass is 10.2. The molecule has 1 atom stereocenters. The van der Waals surface area contributed by atoms with Gasteiger partial charge in [-0.3, -0.25) is 4.90 Å². The second-order valence-electron chi connectivity index (χ2n) is 3.85. The largest absolute Gasteiger partial charge is 0.395 e. The first-order valence-corrected chi connectivity index (χ1v) is 5.21. The highest BCUT2D eigenvalue weighted by molar-refractivity contribution is 4.67. The van der Waals surface area contributed by atoms with Crippen molar-refractivity contribution < 1.29 is 9.84 Å². The van der Waals surface area contributed by atoms with Crippen molar-refractivity contribution >= 4 is 0 Å². The second kappa shape index (κ2) is 8.17. The van der Waals surface area contributed by atoms with Crippen molar-refractivity contribution in [2.24, 2.45) is 5.73 Å². The van der Waals surface area contributed by atoms with E-state index in [1.165, 1.54) is 0 Å². The van der Waals surface area contributed by atoms with Crippen molar-refractivity contribution in [3.8, 4) is 0 Å². The summed E-state index contributed by atoms with van der Waals surface area (Å²) in [4.78, 5) is 2.30. The monoisotopic (exact) mass is 204 g/mol. The molecule has 4 nitrogen and oxygen atoms in total. The molecule has 0 aliphatic heterocycles. The minimum atomic E-state index is -0.0983. The van der Waals surface area contributed by atoms with Crippen molar-refractivity contribution in [1.29, 1.82) is 0 Å². The molecule has 86 valence electrons. The predicted molar refractivity (Wildman–Crippen MR) is 58.3 cm³/mol. The van der Waals surface area contributed by atoms with E-state index in [0.29, 0.717) is 6.04 Å². The summed E-state index contributed by atoms with van der Waals surface area (Å²) in [5, 5.41) is 8.79. The van der Waals surface area contributed by atoms with E-state index in [2.05, 4.69) is 18.7 Å². The molecule has 0 rings (SSSR count). The van der Waals surface area contributed by atoms with E-state index in [4.69, 9.17) is 15.6 Å². The molecule has 3 N–H and O–H groups in total. The molecule has 0 bridgehead atoms. The van der Waals surface area contributed by atoms with Gasteiger partial charge in [-0.15, -0.1) is 0 Å². The quantitative estimate of drug-likeness (QED) is 0.587. The summed E-state index contributed by atoms with van der Waals surface area (Å²) < 4.78 is 5.03. The number of rotatable bonds is 8. The lowest BCUT2D eigenvalue weighted by molar-refractivity contribution is 0.124. The van der Waals surface area contributed by atoms with E-state index < -0.39 is 0 Å². The number of aliphatic hydroxyl groups is 1. The Hall–Kier alpha value is -0.160. The number of methoxy groups -OCH3 is 1. The van der Waals surface area contributed by atoms with Crippen LogP contribution in [0.4, 0.5) is 0 Å². The van der Waals surface area contributed by atoms with E-state index in [1.54, 1.807) is 7.11 Å². The molecule has 0 saturated carbocycles. The molecule has 0 fully saturated rings. The molecule has 0 aromatic heterocycles. The van der Waals surface area contributed by atoms with Gasteiger partial charge in [-0.25, -0.2) is 0 Å². The zero-order chi connectivity index (χ0) is 11.0. The lowest BCUT2D eigenvalue weighted by Gasteiger charge is -2.26. The summed E-state index contributed by atoms with van der Waals surface area (Å²) in [5.41, 5.74) is 5.64. The molecule has 0 radical (unpaired) electrons. The molecule has 0 aromatic carbocycles. The topological polar surface area (TPSA) is 58.7 Å². The summed E-state index contributed by atoms with van der Waals surface area (Å²) in [5.74, 6) is 0. The maximum absolute atomic E-state index is 8.79. The third kappa shape index (κ3) is 6.32. The van der Waals surface area contributed by atoms with E-state index >= 15 is 0 Å². The van der Waals surface area contributed by atoms with E-state index in [1.807, 2.05) is 0 Å². The van der Waals surface area contributed by atoms with Gasteiger partial charge in [0.05, 0.1) is 13.2 Å². The van der Waals surface area contributed by atoms with Gasteiger partial charge in [-0.1, -0.05) is 0 Å². The predicted octanol–water partition coefficient (Wildman–Crippen LogP) is 0.0529. The third-order valence-electron chi connectivity index (χ3n) is 2.33. The van der Waals surface area contributed by atoms with Crippen LogP contribution in [0.5, 0.6) is 0 Å². The van der Waals surface area contributed by atoms with Gasteiger partial charge >= 0.3 is 0 Å². The number of hydrogen-bond donors (Lipinski definition) is 2. The van der Waals surface area contributed by atoms with Crippen LogP contribution in [0.2, 0.25) is 0 Å². The normalized spacial score (nSPS) is 13.9. The summed E-state index contributed by atoms with van der Waals surface area (Å²) >= 11 is 0. The first-order chi connectivity index (χ1) is 6.61. The standard InChI is InChI=1S/C10H24N2O2/c1-9(2)12(6-7-14-3)5-4-10(11)8-13/h9-10,13H,4-8,11H2,1-3H3. The number of nitrogens with two attached hydrogens (primary N) is 1. The molecule has 0 aromatic rings. The highest BCUT2D eigenvalue weighted by Gasteiger charge is 2.10. The lowest BCUT2D eigenvalue weighted by Crippen LogP contribution is -2.38. The second-order valence-corrected chi connectivity index (χ2v) is 3.85. The van der Waals surface area contributed by atoms with Gasteiger partial charge in [0.15, 0.2) is 0 Å².